The maximum atomic E-state index is 11.7. The summed E-state index contributed by atoms with van der Waals surface area (Å²) in [4.78, 5) is 13.7. The molecule has 1 N–H and O–H groups in total. The third-order valence-corrected chi connectivity index (χ3v) is 4.99. The van der Waals surface area contributed by atoms with Gasteiger partial charge in [-0.05, 0) is 62.8 Å². The zero-order valence-electron chi connectivity index (χ0n) is 15.4. The number of methoxy groups -OCH3 is 1. The Hall–Kier alpha value is -1.55. The first-order chi connectivity index (χ1) is 11.7. The van der Waals surface area contributed by atoms with Gasteiger partial charge in [0.2, 0.25) is 5.91 Å². The summed E-state index contributed by atoms with van der Waals surface area (Å²) in [5.74, 6) is 1.29. The Labute approximate surface area is 146 Å². The quantitative estimate of drug-likeness (QED) is 0.706. The van der Waals surface area contributed by atoms with Gasteiger partial charge in [0.1, 0.15) is 5.75 Å². The van der Waals surface area contributed by atoms with Gasteiger partial charge in [-0.2, -0.15) is 0 Å². The molecule has 2 rings (SSSR count). The van der Waals surface area contributed by atoms with Crippen LogP contribution in [0.3, 0.4) is 0 Å². The minimum absolute atomic E-state index is 0.265. The highest BCUT2D eigenvalue weighted by atomic mass is 16.5. The first-order valence-corrected chi connectivity index (χ1v) is 9.35. The van der Waals surface area contributed by atoms with E-state index in [1.54, 1.807) is 7.11 Å². The van der Waals surface area contributed by atoms with Gasteiger partial charge in [0.25, 0.3) is 0 Å². The summed E-state index contributed by atoms with van der Waals surface area (Å²) < 4.78 is 5.51. The van der Waals surface area contributed by atoms with Crippen LogP contribution in [-0.4, -0.2) is 43.6 Å². The van der Waals surface area contributed by atoms with E-state index in [9.17, 15) is 4.79 Å². The molecule has 0 saturated carbocycles. The third-order valence-electron chi connectivity index (χ3n) is 4.99. The molecule has 4 heteroatoms. The molecule has 1 aromatic carbocycles. The fraction of sp³-hybridized carbons (Fsp3) is 0.650. The van der Waals surface area contributed by atoms with Crippen molar-refractivity contribution in [2.24, 2.45) is 0 Å². The fourth-order valence-electron chi connectivity index (χ4n) is 3.54. The van der Waals surface area contributed by atoms with E-state index in [2.05, 4.69) is 30.4 Å². The predicted octanol–water partition coefficient (Wildman–Crippen LogP) is 3.18. The van der Waals surface area contributed by atoms with Crippen LogP contribution in [0.25, 0.3) is 0 Å². The highest BCUT2D eigenvalue weighted by molar-refractivity contribution is 5.75. The monoisotopic (exact) mass is 332 g/mol. The van der Waals surface area contributed by atoms with Crippen molar-refractivity contribution in [1.82, 2.24) is 10.2 Å². The normalized spacial score (nSPS) is 16.5. The lowest BCUT2D eigenvalue weighted by Crippen LogP contribution is -2.36. The van der Waals surface area contributed by atoms with Crippen molar-refractivity contribution in [3.8, 4) is 5.75 Å². The van der Waals surface area contributed by atoms with Gasteiger partial charge >= 0.3 is 0 Å². The van der Waals surface area contributed by atoms with Crippen LogP contribution in [0.5, 0.6) is 5.75 Å². The molecule has 1 aromatic rings. The molecule has 0 spiro atoms. The maximum Gasteiger partial charge on any atom is 0.222 e. The number of carbonyl (C=O) groups is 1. The van der Waals surface area contributed by atoms with E-state index in [1.807, 2.05) is 11.8 Å². The molecule has 1 amide bonds. The van der Waals surface area contributed by atoms with Crippen LogP contribution in [0.15, 0.2) is 18.2 Å². The molecule has 0 aromatic heterocycles. The average Bonchev–Trinajstić information content (AvgIpc) is 2.63. The van der Waals surface area contributed by atoms with Gasteiger partial charge in [-0.25, -0.2) is 0 Å². The second kappa shape index (κ2) is 9.67. The Morgan fingerprint density at radius 3 is 2.88 bits per heavy atom. The first-order valence-electron chi connectivity index (χ1n) is 9.35. The number of amides is 1. The maximum absolute atomic E-state index is 11.7. The van der Waals surface area contributed by atoms with Gasteiger partial charge < -0.3 is 15.0 Å². The zero-order valence-corrected chi connectivity index (χ0v) is 15.4. The average molecular weight is 332 g/mol. The molecule has 0 heterocycles. The van der Waals surface area contributed by atoms with Gasteiger partial charge in [-0.1, -0.05) is 19.1 Å². The summed E-state index contributed by atoms with van der Waals surface area (Å²) in [6.07, 6.45) is 6.15. The number of aryl methyl sites for hydroxylation is 1. The molecule has 0 bridgehead atoms. The van der Waals surface area contributed by atoms with Crippen LogP contribution >= 0.6 is 0 Å². The molecule has 1 aliphatic rings. The summed E-state index contributed by atoms with van der Waals surface area (Å²) in [5.41, 5.74) is 2.80. The summed E-state index contributed by atoms with van der Waals surface area (Å²) in [7, 11) is 1.75. The third kappa shape index (κ3) is 4.97. The molecule has 134 valence electrons. The topological polar surface area (TPSA) is 41.6 Å². The standard InChI is InChI=1S/C20H32N2O2/c1-4-20(23)22(5-2)14-7-6-13-21-17-12-11-16-9-8-10-19(24-3)18(16)15-17/h8-10,17,21H,4-7,11-15H2,1-3H3. The molecule has 0 aliphatic heterocycles. The van der Waals surface area contributed by atoms with Crippen LogP contribution < -0.4 is 10.1 Å². The number of carbonyl (C=O) groups excluding carboxylic acids is 1. The number of fused-ring (bicyclic) bond motifs is 1. The van der Waals surface area contributed by atoms with Gasteiger partial charge in [0, 0.05) is 25.6 Å². The lowest BCUT2D eigenvalue weighted by molar-refractivity contribution is -0.130. The summed E-state index contributed by atoms with van der Waals surface area (Å²) in [6, 6.07) is 6.90. The summed E-state index contributed by atoms with van der Waals surface area (Å²) in [5, 5.41) is 3.69. The van der Waals surface area contributed by atoms with Crippen LogP contribution in [0, 0.1) is 0 Å². The van der Waals surface area contributed by atoms with Crippen molar-refractivity contribution in [1.29, 1.82) is 0 Å². The smallest absolute Gasteiger partial charge is 0.222 e. The molecule has 0 saturated heterocycles. The van der Waals surface area contributed by atoms with Gasteiger partial charge in [0.15, 0.2) is 0 Å². The summed E-state index contributed by atoms with van der Waals surface area (Å²) in [6.45, 7) is 6.71. The van der Waals surface area contributed by atoms with Crippen molar-refractivity contribution >= 4 is 5.91 Å². The van der Waals surface area contributed by atoms with Crippen LogP contribution in [0.1, 0.15) is 50.7 Å². The molecule has 0 radical (unpaired) electrons. The molecule has 0 fully saturated rings. The minimum Gasteiger partial charge on any atom is -0.496 e. The van der Waals surface area contributed by atoms with Crippen LogP contribution in [-0.2, 0) is 17.6 Å². The minimum atomic E-state index is 0.265. The Kier molecular flexibility index (Phi) is 7.57. The first kappa shape index (κ1) is 18.8. The van der Waals surface area contributed by atoms with Crippen molar-refractivity contribution in [2.75, 3.05) is 26.7 Å². The molecular formula is C20H32N2O2. The van der Waals surface area contributed by atoms with Crippen LogP contribution in [0.2, 0.25) is 0 Å². The van der Waals surface area contributed by atoms with Crippen LogP contribution in [0.4, 0.5) is 0 Å². The van der Waals surface area contributed by atoms with Gasteiger partial charge in [-0.3, -0.25) is 4.79 Å². The SMILES string of the molecule is CCC(=O)N(CC)CCCCNC1CCc2cccc(OC)c2C1. The fourth-order valence-corrected chi connectivity index (χ4v) is 3.54. The zero-order chi connectivity index (χ0) is 17.4. The number of unbranched alkanes of at least 4 members (excludes halogenated alkanes) is 1. The Morgan fingerprint density at radius 1 is 1.33 bits per heavy atom. The number of nitrogens with one attached hydrogen (secondary N) is 1. The van der Waals surface area contributed by atoms with E-state index >= 15 is 0 Å². The molecule has 1 unspecified atom stereocenters. The van der Waals surface area contributed by atoms with Crippen molar-refractivity contribution in [2.45, 2.75) is 58.4 Å². The largest absolute Gasteiger partial charge is 0.496 e. The van der Waals surface area contributed by atoms with E-state index in [0.717, 1.165) is 51.1 Å². The lowest BCUT2D eigenvalue weighted by Gasteiger charge is -2.27. The highest BCUT2D eigenvalue weighted by Gasteiger charge is 2.20. The van der Waals surface area contributed by atoms with E-state index in [4.69, 9.17) is 4.74 Å². The second-order valence-electron chi connectivity index (χ2n) is 6.53. The Morgan fingerprint density at radius 2 is 2.17 bits per heavy atom. The number of hydrogen-bond acceptors (Lipinski definition) is 3. The molecule has 24 heavy (non-hydrogen) atoms. The van der Waals surface area contributed by atoms with E-state index < -0.39 is 0 Å². The summed E-state index contributed by atoms with van der Waals surface area (Å²) >= 11 is 0. The van der Waals surface area contributed by atoms with Gasteiger partial charge in [0.05, 0.1) is 7.11 Å². The highest BCUT2D eigenvalue weighted by Crippen LogP contribution is 2.29. The van der Waals surface area contributed by atoms with Crippen molar-refractivity contribution < 1.29 is 9.53 Å². The van der Waals surface area contributed by atoms with E-state index in [0.29, 0.717) is 12.5 Å². The van der Waals surface area contributed by atoms with Gasteiger partial charge in [-0.15, -0.1) is 0 Å². The molecule has 1 aliphatic carbocycles. The molecular weight excluding hydrogens is 300 g/mol. The number of ether oxygens (including phenoxy) is 1. The predicted molar refractivity (Wildman–Crippen MR) is 98.6 cm³/mol. The number of nitrogens with zero attached hydrogens (tertiary/aromatic N) is 1. The van der Waals surface area contributed by atoms with Crippen molar-refractivity contribution in [3.05, 3.63) is 29.3 Å². The van der Waals surface area contributed by atoms with E-state index in [-0.39, 0.29) is 5.91 Å². The van der Waals surface area contributed by atoms with E-state index in [1.165, 1.54) is 17.5 Å². The number of hydrogen-bond donors (Lipinski definition) is 1. The lowest BCUT2D eigenvalue weighted by atomic mass is 9.87. The molecule has 1 atom stereocenters. The number of rotatable bonds is 9. The Balaban J connectivity index is 1.71. The van der Waals surface area contributed by atoms with Crippen molar-refractivity contribution in [3.63, 3.8) is 0 Å². The number of benzene rings is 1. The Bertz CT molecular complexity index is 516. The molecule has 4 nitrogen and oxygen atoms in total. The second-order valence-corrected chi connectivity index (χ2v) is 6.53.